The number of rotatable bonds is 11. The SMILES string of the molecule is CC(C)NC(=O)C(C)N(Cc1ccccc1)C(=O)CN(c1cccc([N+](=O)[O-])c1)S(=O)(=O)c1ccccc1. The first kappa shape index (κ1) is 28.3. The summed E-state index contributed by atoms with van der Waals surface area (Å²) >= 11 is 0. The van der Waals surface area contributed by atoms with E-state index in [-0.39, 0.29) is 28.9 Å². The van der Waals surface area contributed by atoms with E-state index in [0.717, 1.165) is 15.9 Å². The Morgan fingerprint density at radius 3 is 2.11 bits per heavy atom. The van der Waals surface area contributed by atoms with E-state index >= 15 is 0 Å². The number of non-ortho nitro benzene ring substituents is 1. The summed E-state index contributed by atoms with van der Waals surface area (Å²) in [4.78, 5) is 38.6. The van der Waals surface area contributed by atoms with Gasteiger partial charge in [-0.3, -0.25) is 24.0 Å². The quantitative estimate of drug-likeness (QED) is 0.292. The van der Waals surface area contributed by atoms with Gasteiger partial charge < -0.3 is 10.2 Å². The van der Waals surface area contributed by atoms with Crippen molar-refractivity contribution in [2.24, 2.45) is 0 Å². The predicted octanol–water partition coefficient (Wildman–Crippen LogP) is 3.73. The molecule has 10 nitrogen and oxygen atoms in total. The molecule has 1 unspecified atom stereocenters. The molecule has 11 heteroatoms. The number of nitro groups is 1. The van der Waals surface area contributed by atoms with Gasteiger partial charge in [0.05, 0.1) is 15.5 Å². The van der Waals surface area contributed by atoms with Gasteiger partial charge in [-0.15, -0.1) is 0 Å². The Morgan fingerprint density at radius 1 is 0.921 bits per heavy atom. The maximum absolute atomic E-state index is 13.8. The second-order valence-corrected chi connectivity index (χ2v) is 10.8. The Labute approximate surface area is 222 Å². The third-order valence-corrected chi connectivity index (χ3v) is 7.52. The van der Waals surface area contributed by atoms with Gasteiger partial charge in [-0.05, 0) is 44.5 Å². The molecular formula is C27H30N4O6S. The van der Waals surface area contributed by atoms with Crippen LogP contribution in [0, 0.1) is 10.1 Å². The van der Waals surface area contributed by atoms with Crippen LogP contribution in [0.3, 0.4) is 0 Å². The molecule has 0 radical (unpaired) electrons. The average molecular weight is 539 g/mol. The molecule has 0 bridgehead atoms. The summed E-state index contributed by atoms with van der Waals surface area (Å²) < 4.78 is 28.2. The van der Waals surface area contributed by atoms with Crippen LogP contribution < -0.4 is 9.62 Å². The molecule has 1 atom stereocenters. The Balaban J connectivity index is 2.05. The number of sulfonamides is 1. The smallest absolute Gasteiger partial charge is 0.271 e. The number of carbonyl (C=O) groups excluding carboxylic acids is 2. The number of hydrogen-bond acceptors (Lipinski definition) is 6. The molecule has 3 aromatic carbocycles. The molecule has 0 aliphatic heterocycles. The minimum absolute atomic E-state index is 0.0460. The summed E-state index contributed by atoms with van der Waals surface area (Å²) in [5.74, 6) is -1.04. The monoisotopic (exact) mass is 538 g/mol. The minimum Gasteiger partial charge on any atom is -0.352 e. The van der Waals surface area contributed by atoms with Crippen molar-refractivity contribution in [3.05, 3.63) is 101 Å². The number of hydrogen-bond donors (Lipinski definition) is 1. The van der Waals surface area contributed by atoms with Gasteiger partial charge >= 0.3 is 0 Å². The van der Waals surface area contributed by atoms with Gasteiger partial charge in [0.1, 0.15) is 12.6 Å². The lowest BCUT2D eigenvalue weighted by molar-refractivity contribution is -0.384. The van der Waals surface area contributed by atoms with E-state index in [1.165, 1.54) is 35.2 Å². The zero-order valence-electron chi connectivity index (χ0n) is 21.4. The van der Waals surface area contributed by atoms with Crippen molar-refractivity contribution in [3.8, 4) is 0 Å². The van der Waals surface area contributed by atoms with Crippen LogP contribution in [-0.2, 0) is 26.2 Å². The lowest BCUT2D eigenvalue weighted by atomic mass is 10.1. The van der Waals surface area contributed by atoms with Gasteiger partial charge in [0.2, 0.25) is 11.8 Å². The van der Waals surface area contributed by atoms with E-state index in [0.29, 0.717) is 0 Å². The van der Waals surface area contributed by atoms with Gasteiger partial charge in [-0.2, -0.15) is 0 Å². The molecule has 0 fully saturated rings. The fraction of sp³-hybridized carbons (Fsp3) is 0.259. The molecule has 0 heterocycles. The molecule has 38 heavy (non-hydrogen) atoms. The van der Waals surface area contributed by atoms with E-state index in [1.54, 1.807) is 63.2 Å². The Hall–Kier alpha value is -4.25. The second kappa shape index (κ2) is 12.3. The second-order valence-electron chi connectivity index (χ2n) is 8.95. The molecule has 0 saturated carbocycles. The first-order chi connectivity index (χ1) is 18.0. The van der Waals surface area contributed by atoms with E-state index < -0.39 is 39.3 Å². The fourth-order valence-corrected chi connectivity index (χ4v) is 5.21. The summed E-state index contributed by atoms with van der Waals surface area (Å²) in [6.07, 6.45) is 0. The maximum Gasteiger partial charge on any atom is 0.271 e. The van der Waals surface area contributed by atoms with Crippen molar-refractivity contribution in [2.45, 2.75) is 44.3 Å². The highest BCUT2D eigenvalue weighted by Gasteiger charge is 2.33. The lowest BCUT2D eigenvalue weighted by Gasteiger charge is -2.32. The first-order valence-corrected chi connectivity index (χ1v) is 13.4. The lowest BCUT2D eigenvalue weighted by Crippen LogP contribution is -2.52. The fourth-order valence-electron chi connectivity index (χ4n) is 3.78. The van der Waals surface area contributed by atoms with Gasteiger partial charge in [0.15, 0.2) is 0 Å². The normalized spacial score (nSPS) is 12.0. The average Bonchev–Trinajstić information content (AvgIpc) is 2.90. The maximum atomic E-state index is 13.8. The molecule has 0 aromatic heterocycles. The molecule has 1 N–H and O–H groups in total. The zero-order chi connectivity index (χ0) is 27.9. The zero-order valence-corrected chi connectivity index (χ0v) is 22.2. The van der Waals surface area contributed by atoms with Gasteiger partial charge in [-0.25, -0.2) is 8.42 Å². The molecule has 200 valence electrons. The van der Waals surface area contributed by atoms with E-state index in [9.17, 15) is 28.1 Å². The Kier molecular flexibility index (Phi) is 9.19. The van der Waals surface area contributed by atoms with Crippen molar-refractivity contribution >= 4 is 33.2 Å². The summed E-state index contributed by atoms with van der Waals surface area (Å²) in [5.41, 5.74) is 0.377. The highest BCUT2D eigenvalue weighted by atomic mass is 32.2. The number of benzene rings is 3. The van der Waals surface area contributed by atoms with Crippen molar-refractivity contribution in [1.29, 1.82) is 0 Å². The number of nitrogens with one attached hydrogen (secondary N) is 1. The number of nitrogens with zero attached hydrogens (tertiary/aromatic N) is 3. The van der Waals surface area contributed by atoms with Crippen LogP contribution in [0.2, 0.25) is 0 Å². The van der Waals surface area contributed by atoms with Crippen LogP contribution in [0.1, 0.15) is 26.3 Å². The van der Waals surface area contributed by atoms with Crippen molar-refractivity contribution in [1.82, 2.24) is 10.2 Å². The molecule has 3 rings (SSSR count). The molecule has 0 aliphatic rings. The number of carbonyl (C=O) groups is 2. The topological polar surface area (TPSA) is 130 Å². The first-order valence-electron chi connectivity index (χ1n) is 12.0. The van der Waals surface area contributed by atoms with Crippen molar-refractivity contribution < 1.29 is 22.9 Å². The standard InChI is InChI=1S/C27H30N4O6S/c1-20(2)28-27(33)21(3)29(18-22-11-6-4-7-12-22)26(32)19-30(23-13-10-14-24(17-23)31(34)35)38(36,37)25-15-8-5-9-16-25/h4-17,20-21H,18-19H2,1-3H3,(H,28,33). The van der Waals surface area contributed by atoms with E-state index in [1.807, 2.05) is 6.07 Å². The molecule has 2 amide bonds. The van der Waals surface area contributed by atoms with Gasteiger partial charge in [0.25, 0.3) is 15.7 Å². The molecule has 0 spiro atoms. The van der Waals surface area contributed by atoms with Crippen LogP contribution >= 0.6 is 0 Å². The summed E-state index contributed by atoms with van der Waals surface area (Å²) in [7, 11) is -4.30. The van der Waals surface area contributed by atoms with Gasteiger partial charge in [0, 0.05) is 24.7 Å². The number of amides is 2. The highest BCUT2D eigenvalue weighted by molar-refractivity contribution is 7.92. The van der Waals surface area contributed by atoms with Crippen molar-refractivity contribution in [3.63, 3.8) is 0 Å². The summed E-state index contributed by atoms with van der Waals surface area (Å²) in [5, 5.41) is 14.2. The van der Waals surface area contributed by atoms with Crippen LogP contribution in [0.25, 0.3) is 0 Å². The van der Waals surface area contributed by atoms with Crippen molar-refractivity contribution in [2.75, 3.05) is 10.8 Å². The highest BCUT2D eigenvalue weighted by Crippen LogP contribution is 2.27. The predicted molar refractivity (Wildman–Crippen MR) is 144 cm³/mol. The van der Waals surface area contributed by atoms with Crippen LogP contribution in [0.4, 0.5) is 11.4 Å². The largest absolute Gasteiger partial charge is 0.352 e. The van der Waals surface area contributed by atoms with Crippen LogP contribution in [0.15, 0.2) is 89.8 Å². The Bertz CT molecular complexity index is 1380. The summed E-state index contributed by atoms with van der Waals surface area (Å²) in [6, 6.07) is 20.5. The third kappa shape index (κ3) is 6.94. The molecule has 0 saturated heterocycles. The number of nitro benzene ring substituents is 1. The molecular weight excluding hydrogens is 508 g/mol. The van der Waals surface area contributed by atoms with Crippen LogP contribution in [-0.4, -0.2) is 48.7 Å². The summed E-state index contributed by atoms with van der Waals surface area (Å²) in [6.45, 7) is 4.54. The van der Waals surface area contributed by atoms with E-state index in [2.05, 4.69) is 5.32 Å². The number of anilines is 1. The van der Waals surface area contributed by atoms with E-state index in [4.69, 9.17) is 0 Å². The van der Waals surface area contributed by atoms with Crippen LogP contribution in [0.5, 0.6) is 0 Å². The molecule has 3 aromatic rings. The Morgan fingerprint density at radius 2 is 1.53 bits per heavy atom. The van der Waals surface area contributed by atoms with Gasteiger partial charge in [-0.1, -0.05) is 54.6 Å². The third-order valence-electron chi connectivity index (χ3n) is 5.73. The molecule has 0 aliphatic carbocycles. The minimum atomic E-state index is -4.30.